The lowest BCUT2D eigenvalue weighted by Gasteiger charge is -2.28. The van der Waals surface area contributed by atoms with Crippen molar-refractivity contribution in [2.75, 3.05) is 52.7 Å². The van der Waals surface area contributed by atoms with E-state index in [1.54, 1.807) is 0 Å². The Morgan fingerprint density at radius 3 is 1.68 bits per heavy atom. The summed E-state index contributed by atoms with van der Waals surface area (Å²) in [7, 11) is -2.48. The van der Waals surface area contributed by atoms with Crippen molar-refractivity contribution in [3.05, 3.63) is 0 Å². The molecule has 22 heavy (non-hydrogen) atoms. The molecule has 0 fully saturated rings. The van der Waals surface area contributed by atoms with Crippen LogP contribution in [0.5, 0.6) is 0 Å². The fourth-order valence-corrected chi connectivity index (χ4v) is 5.00. The molecule has 0 aliphatic heterocycles. The first-order valence-electron chi connectivity index (χ1n) is 8.89. The zero-order valence-electron chi connectivity index (χ0n) is 15.4. The minimum atomic E-state index is -2.48. The summed E-state index contributed by atoms with van der Waals surface area (Å²) in [6, 6.07) is 0.832. The molecular weight excluding hydrogens is 298 g/mol. The molecule has 0 aliphatic rings. The quantitative estimate of drug-likeness (QED) is 0.320. The Hall–Kier alpha value is 0.0169. The molecule has 0 unspecified atom stereocenters. The summed E-state index contributed by atoms with van der Waals surface area (Å²) < 4.78 is 23.2. The molecule has 0 bridgehead atoms. The molecule has 0 rings (SSSR count). The van der Waals surface area contributed by atoms with Crippen LogP contribution in [-0.2, 0) is 18.0 Å². The van der Waals surface area contributed by atoms with Gasteiger partial charge in [0.25, 0.3) is 0 Å². The van der Waals surface area contributed by atoms with Gasteiger partial charge in [0.05, 0.1) is 0 Å². The average Bonchev–Trinajstić information content (AvgIpc) is 2.51. The Labute approximate surface area is 138 Å². The molecule has 0 spiro atoms. The maximum Gasteiger partial charge on any atom is 0.501 e. The van der Waals surface area contributed by atoms with Gasteiger partial charge in [0.15, 0.2) is 0 Å². The molecule has 0 saturated carbocycles. The number of ether oxygens (including phenoxy) is 1. The highest BCUT2D eigenvalue weighted by Gasteiger charge is 2.39. The summed E-state index contributed by atoms with van der Waals surface area (Å²) >= 11 is 0. The highest BCUT2D eigenvalue weighted by atomic mass is 28.4. The highest BCUT2D eigenvalue weighted by Crippen LogP contribution is 2.18. The molecule has 0 amide bonds. The lowest BCUT2D eigenvalue weighted by atomic mass is 10.4. The van der Waals surface area contributed by atoms with Gasteiger partial charge >= 0.3 is 8.80 Å². The average molecular weight is 336 g/mol. The molecule has 0 saturated heterocycles. The largest absolute Gasteiger partial charge is 0.501 e. The molecule has 134 valence electrons. The second-order valence-electron chi connectivity index (χ2n) is 5.08. The summed E-state index contributed by atoms with van der Waals surface area (Å²) in [6.07, 6.45) is 2.02. The van der Waals surface area contributed by atoms with Crippen LogP contribution >= 0.6 is 0 Å². The molecule has 0 N–H and O–H groups in total. The van der Waals surface area contributed by atoms with Gasteiger partial charge in [0.2, 0.25) is 0 Å². The van der Waals surface area contributed by atoms with Crippen LogP contribution in [0.3, 0.4) is 0 Å². The van der Waals surface area contributed by atoms with Crippen molar-refractivity contribution in [2.45, 2.75) is 53.5 Å². The van der Waals surface area contributed by atoms with Crippen molar-refractivity contribution < 1.29 is 18.0 Å². The minimum Gasteiger partial charge on any atom is -0.381 e. The molecule has 6 heteroatoms. The summed E-state index contributed by atoms with van der Waals surface area (Å²) in [5, 5.41) is 0. The number of hydrogen-bond donors (Lipinski definition) is 0. The zero-order chi connectivity index (χ0) is 16.7. The van der Waals surface area contributed by atoms with E-state index in [-0.39, 0.29) is 0 Å². The summed E-state index contributed by atoms with van der Waals surface area (Å²) in [4.78, 5) is 2.42. The van der Waals surface area contributed by atoms with Crippen LogP contribution in [0, 0.1) is 0 Å². The van der Waals surface area contributed by atoms with Crippen LogP contribution in [-0.4, -0.2) is 66.4 Å². The Bertz CT molecular complexity index is 223. The lowest BCUT2D eigenvalue weighted by molar-refractivity contribution is 0.0653. The van der Waals surface area contributed by atoms with E-state index in [4.69, 9.17) is 18.0 Å². The second-order valence-corrected chi connectivity index (χ2v) is 7.81. The van der Waals surface area contributed by atoms with E-state index in [0.717, 1.165) is 51.7 Å². The molecule has 0 aromatic heterocycles. The van der Waals surface area contributed by atoms with E-state index in [0.29, 0.717) is 19.8 Å². The van der Waals surface area contributed by atoms with Crippen molar-refractivity contribution in [1.82, 2.24) is 4.90 Å². The predicted molar refractivity (Wildman–Crippen MR) is 93.3 cm³/mol. The fourth-order valence-electron chi connectivity index (χ4n) is 2.42. The van der Waals surface area contributed by atoms with Gasteiger partial charge in [-0.25, -0.2) is 0 Å². The number of nitrogens with zero attached hydrogens (tertiary/aromatic N) is 1. The SMILES string of the molecule is CCO[Si](CCCOCCCN(CC)CC)(OCC)OCC. The van der Waals surface area contributed by atoms with Crippen LogP contribution < -0.4 is 0 Å². The van der Waals surface area contributed by atoms with E-state index in [9.17, 15) is 0 Å². The van der Waals surface area contributed by atoms with Gasteiger partial charge in [0, 0.05) is 45.6 Å². The summed E-state index contributed by atoms with van der Waals surface area (Å²) in [5.41, 5.74) is 0. The third-order valence-electron chi connectivity index (χ3n) is 3.52. The second kappa shape index (κ2) is 14.6. The van der Waals surface area contributed by atoms with E-state index < -0.39 is 8.80 Å². The predicted octanol–water partition coefficient (Wildman–Crippen LogP) is 3.17. The molecule has 0 radical (unpaired) electrons. The van der Waals surface area contributed by atoms with Crippen LogP contribution in [0.4, 0.5) is 0 Å². The topological polar surface area (TPSA) is 40.2 Å². The summed E-state index contributed by atoms with van der Waals surface area (Å²) in [6.45, 7) is 17.2. The summed E-state index contributed by atoms with van der Waals surface area (Å²) in [5.74, 6) is 0. The van der Waals surface area contributed by atoms with Gasteiger partial charge in [-0.3, -0.25) is 0 Å². The van der Waals surface area contributed by atoms with Crippen molar-refractivity contribution >= 4 is 8.80 Å². The van der Waals surface area contributed by atoms with E-state index in [1.807, 2.05) is 20.8 Å². The maximum atomic E-state index is 5.83. The van der Waals surface area contributed by atoms with E-state index in [2.05, 4.69) is 18.7 Å². The molecule has 0 atom stereocenters. The Morgan fingerprint density at radius 2 is 1.23 bits per heavy atom. The van der Waals surface area contributed by atoms with Gasteiger partial charge < -0.3 is 22.9 Å². The standard InChI is InChI=1S/C16H37NO4Si/c1-6-17(7-2)13-11-14-18-15-12-16-22(19-8-3,20-9-4)21-10-5/h6-16H2,1-5H3. The number of rotatable bonds is 16. The maximum absolute atomic E-state index is 5.83. The van der Waals surface area contributed by atoms with Gasteiger partial charge in [-0.15, -0.1) is 0 Å². The fraction of sp³-hybridized carbons (Fsp3) is 1.00. The smallest absolute Gasteiger partial charge is 0.381 e. The molecular formula is C16H37NO4Si. The minimum absolute atomic E-state index is 0.636. The van der Waals surface area contributed by atoms with Crippen LogP contribution in [0.1, 0.15) is 47.5 Å². The molecule has 5 nitrogen and oxygen atoms in total. The third kappa shape index (κ3) is 9.92. The van der Waals surface area contributed by atoms with E-state index in [1.165, 1.54) is 0 Å². The van der Waals surface area contributed by atoms with Gasteiger partial charge in [-0.05, 0) is 46.7 Å². The Kier molecular flexibility index (Phi) is 14.6. The van der Waals surface area contributed by atoms with Gasteiger partial charge in [0.1, 0.15) is 0 Å². The first-order valence-corrected chi connectivity index (χ1v) is 10.8. The van der Waals surface area contributed by atoms with Gasteiger partial charge in [-0.2, -0.15) is 0 Å². The molecule has 0 heterocycles. The monoisotopic (exact) mass is 335 g/mol. The van der Waals surface area contributed by atoms with Crippen LogP contribution in [0.2, 0.25) is 6.04 Å². The lowest BCUT2D eigenvalue weighted by Crippen LogP contribution is -2.46. The Morgan fingerprint density at radius 1 is 0.727 bits per heavy atom. The normalized spacial score (nSPS) is 12.3. The zero-order valence-corrected chi connectivity index (χ0v) is 16.4. The molecule has 0 aromatic rings. The third-order valence-corrected chi connectivity index (χ3v) is 6.67. The van der Waals surface area contributed by atoms with E-state index >= 15 is 0 Å². The van der Waals surface area contributed by atoms with Gasteiger partial charge in [-0.1, -0.05) is 13.8 Å². The van der Waals surface area contributed by atoms with Crippen molar-refractivity contribution in [1.29, 1.82) is 0 Å². The number of hydrogen-bond acceptors (Lipinski definition) is 5. The Balaban J connectivity index is 3.88. The van der Waals surface area contributed by atoms with Crippen molar-refractivity contribution in [3.8, 4) is 0 Å². The molecule has 0 aliphatic carbocycles. The van der Waals surface area contributed by atoms with Crippen LogP contribution in [0.25, 0.3) is 0 Å². The van der Waals surface area contributed by atoms with Crippen molar-refractivity contribution in [3.63, 3.8) is 0 Å². The highest BCUT2D eigenvalue weighted by molar-refractivity contribution is 6.60. The van der Waals surface area contributed by atoms with Crippen LogP contribution in [0.15, 0.2) is 0 Å². The first kappa shape index (κ1) is 22.0. The molecule has 0 aromatic carbocycles. The first-order chi connectivity index (χ1) is 10.7. The van der Waals surface area contributed by atoms with Crippen molar-refractivity contribution in [2.24, 2.45) is 0 Å².